The summed E-state index contributed by atoms with van der Waals surface area (Å²) in [6, 6.07) is 8.52. The average Bonchev–Trinajstić information content (AvgIpc) is 2.98. The molecule has 1 aliphatic rings. The van der Waals surface area contributed by atoms with Crippen molar-refractivity contribution in [2.24, 2.45) is 0 Å². The molecule has 1 aromatic carbocycles. The molecule has 1 aromatic heterocycles. The molecule has 5 nitrogen and oxygen atoms in total. The number of sulfonamides is 1. The number of thiophene rings is 1. The molecule has 3 rings (SSSR count). The van der Waals surface area contributed by atoms with Crippen molar-refractivity contribution in [2.75, 3.05) is 11.3 Å². The summed E-state index contributed by atoms with van der Waals surface area (Å²) in [5.74, 6) is -0.160. The van der Waals surface area contributed by atoms with Crippen molar-refractivity contribution < 1.29 is 13.2 Å². The molecule has 0 saturated heterocycles. The van der Waals surface area contributed by atoms with Crippen molar-refractivity contribution in [1.82, 2.24) is 5.32 Å². The van der Waals surface area contributed by atoms with E-state index in [1.165, 1.54) is 11.3 Å². The lowest BCUT2D eigenvalue weighted by Gasteiger charge is -2.17. The van der Waals surface area contributed by atoms with Crippen LogP contribution in [0, 0.1) is 0 Å². The van der Waals surface area contributed by atoms with Gasteiger partial charge in [-0.25, -0.2) is 8.42 Å². The Morgan fingerprint density at radius 3 is 2.82 bits per heavy atom. The molecule has 2 heterocycles. The van der Waals surface area contributed by atoms with Gasteiger partial charge in [0, 0.05) is 22.7 Å². The second kappa shape index (κ2) is 5.73. The highest BCUT2D eigenvalue weighted by atomic mass is 32.2. The summed E-state index contributed by atoms with van der Waals surface area (Å²) < 4.78 is 27.6. The number of rotatable bonds is 4. The number of carbonyl (C=O) groups is 1. The predicted molar refractivity (Wildman–Crippen MR) is 87.0 cm³/mol. The lowest BCUT2D eigenvalue weighted by molar-refractivity contribution is 0.0946. The molecule has 0 bridgehead atoms. The number of hydrogen-bond acceptors (Lipinski definition) is 4. The van der Waals surface area contributed by atoms with Gasteiger partial charge in [-0.2, -0.15) is 0 Å². The zero-order valence-electron chi connectivity index (χ0n) is 12.0. The van der Waals surface area contributed by atoms with Crippen molar-refractivity contribution in [3.63, 3.8) is 0 Å². The van der Waals surface area contributed by atoms with Crippen LogP contribution in [0.1, 0.15) is 27.7 Å². The summed E-state index contributed by atoms with van der Waals surface area (Å²) in [6.45, 7) is 2.60. The molecular weight excluding hydrogens is 320 g/mol. The summed E-state index contributed by atoms with van der Waals surface area (Å²) in [5.41, 5.74) is 1.88. The van der Waals surface area contributed by atoms with Crippen LogP contribution in [0.15, 0.2) is 34.5 Å². The number of hydrogen-bond donors (Lipinski definition) is 2. The van der Waals surface area contributed by atoms with Gasteiger partial charge in [0.05, 0.1) is 0 Å². The quantitative estimate of drug-likeness (QED) is 0.900. The second-order valence-electron chi connectivity index (χ2n) is 5.06. The van der Waals surface area contributed by atoms with E-state index in [0.717, 1.165) is 23.3 Å². The third-order valence-electron chi connectivity index (χ3n) is 3.54. The van der Waals surface area contributed by atoms with Gasteiger partial charge in [-0.15, -0.1) is 11.3 Å². The Balaban J connectivity index is 1.89. The van der Waals surface area contributed by atoms with Crippen molar-refractivity contribution in [3.05, 3.63) is 46.3 Å². The van der Waals surface area contributed by atoms with Crippen molar-refractivity contribution in [1.29, 1.82) is 0 Å². The third-order valence-corrected chi connectivity index (χ3v) is 6.64. The van der Waals surface area contributed by atoms with Gasteiger partial charge in [0.2, 0.25) is 0 Å². The maximum Gasteiger partial charge on any atom is 0.271 e. The summed E-state index contributed by atoms with van der Waals surface area (Å²) in [6.07, 6.45) is 1.57. The van der Waals surface area contributed by atoms with E-state index in [2.05, 4.69) is 10.0 Å². The van der Waals surface area contributed by atoms with Gasteiger partial charge in [0.15, 0.2) is 0 Å². The molecule has 0 spiro atoms. The Morgan fingerprint density at radius 1 is 1.27 bits per heavy atom. The molecule has 0 fully saturated rings. The second-order valence-corrected chi connectivity index (χ2v) is 8.14. The van der Waals surface area contributed by atoms with E-state index in [1.54, 1.807) is 24.3 Å². The minimum atomic E-state index is -3.61. The molecule has 0 saturated carbocycles. The molecule has 0 atom stereocenters. The van der Waals surface area contributed by atoms with Crippen LogP contribution < -0.4 is 10.0 Å². The van der Waals surface area contributed by atoms with E-state index >= 15 is 0 Å². The minimum absolute atomic E-state index is 0.160. The summed E-state index contributed by atoms with van der Waals surface area (Å²) in [4.78, 5) is 12.8. The van der Waals surface area contributed by atoms with Crippen molar-refractivity contribution in [2.45, 2.75) is 24.0 Å². The van der Waals surface area contributed by atoms with Gasteiger partial charge >= 0.3 is 0 Å². The molecule has 0 radical (unpaired) electrons. The van der Waals surface area contributed by atoms with Crippen LogP contribution in [-0.2, 0) is 22.9 Å². The standard InChI is InChI=1S/C15H16N2O3S2/c1-2-12-5-6-14(21-12)22(19,20)17-11-4-3-10-7-8-16-15(18)13(10)9-11/h3-6,9,17H,2,7-8H2,1H3,(H,16,18). The monoisotopic (exact) mass is 336 g/mol. The van der Waals surface area contributed by atoms with Crippen LogP contribution in [0.25, 0.3) is 0 Å². The Kier molecular flexibility index (Phi) is 3.92. The molecule has 2 aromatic rings. The first-order chi connectivity index (χ1) is 10.5. The highest BCUT2D eigenvalue weighted by molar-refractivity contribution is 7.94. The van der Waals surface area contributed by atoms with E-state index in [4.69, 9.17) is 0 Å². The van der Waals surface area contributed by atoms with Gasteiger partial charge in [-0.1, -0.05) is 13.0 Å². The number of fused-ring (bicyclic) bond motifs is 1. The van der Waals surface area contributed by atoms with E-state index in [-0.39, 0.29) is 10.1 Å². The van der Waals surface area contributed by atoms with E-state index in [1.807, 2.05) is 13.0 Å². The Bertz CT molecular complexity index is 825. The molecule has 1 aliphatic heterocycles. The fourth-order valence-corrected chi connectivity index (χ4v) is 4.72. The highest BCUT2D eigenvalue weighted by Crippen LogP contribution is 2.26. The number of amides is 1. The first-order valence-corrected chi connectivity index (χ1v) is 9.32. The van der Waals surface area contributed by atoms with Crippen LogP contribution in [0.5, 0.6) is 0 Å². The van der Waals surface area contributed by atoms with Crippen molar-refractivity contribution in [3.8, 4) is 0 Å². The maximum absolute atomic E-state index is 12.4. The van der Waals surface area contributed by atoms with Crippen LogP contribution >= 0.6 is 11.3 Å². The van der Waals surface area contributed by atoms with Crippen LogP contribution in [0.3, 0.4) is 0 Å². The smallest absolute Gasteiger partial charge is 0.271 e. The van der Waals surface area contributed by atoms with Gasteiger partial charge in [0.25, 0.3) is 15.9 Å². The van der Waals surface area contributed by atoms with Crippen molar-refractivity contribution >= 4 is 33.0 Å². The van der Waals surface area contributed by atoms with Gasteiger partial charge in [0.1, 0.15) is 4.21 Å². The normalized spacial score (nSPS) is 14.3. The topological polar surface area (TPSA) is 75.3 Å². The maximum atomic E-state index is 12.4. The molecule has 116 valence electrons. The van der Waals surface area contributed by atoms with E-state index in [0.29, 0.717) is 17.8 Å². The highest BCUT2D eigenvalue weighted by Gasteiger charge is 2.20. The van der Waals surface area contributed by atoms with Gasteiger partial charge in [-0.3, -0.25) is 9.52 Å². The average molecular weight is 336 g/mol. The zero-order chi connectivity index (χ0) is 15.7. The first-order valence-electron chi connectivity index (χ1n) is 7.02. The predicted octanol–water partition coefficient (Wildman–Crippen LogP) is 2.40. The van der Waals surface area contributed by atoms with Gasteiger partial charge in [-0.05, 0) is 42.7 Å². The number of anilines is 1. The Hall–Kier alpha value is -1.86. The minimum Gasteiger partial charge on any atom is -0.352 e. The largest absolute Gasteiger partial charge is 0.352 e. The number of aryl methyl sites for hydroxylation is 1. The molecule has 2 N–H and O–H groups in total. The van der Waals surface area contributed by atoms with Crippen LogP contribution in [-0.4, -0.2) is 20.9 Å². The third kappa shape index (κ3) is 2.86. The zero-order valence-corrected chi connectivity index (χ0v) is 13.7. The molecule has 1 amide bonds. The number of nitrogens with one attached hydrogen (secondary N) is 2. The SMILES string of the molecule is CCc1ccc(S(=O)(=O)Nc2ccc3c(c2)C(=O)NCC3)s1. The van der Waals surface area contributed by atoms with Gasteiger partial charge < -0.3 is 5.32 Å². The van der Waals surface area contributed by atoms with Crippen LogP contribution in [0.4, 0.5) is 5.69 Å². The molecule has 22 heavy (non-hydrogen) atoms. The van der Waals surface area contributed by atoms with Crippen LogP contribution in [0.2, 0.25) is 0 Å². The number of carbonyl (C=O) groups excluding carboxylic acids is 1. The molecule has 0 aliphatic carbocycles. The fourth-order valence-electron chi connectivity index (χ4n) is 2.37. The Labute approximate surface area is 133 Å². The first kappa shape index (κ1) is 15.1. The number of benzene rings is 1. The summed E-state index contributed by atoms with van der Waals surface area (Å²) >= 11 is 1.26. The lowest BCUT2D eigenvalue weighted by atomic mass is 10.00. The Morgan fingerprint density at radius 2 is 2.09 bits per heavy atom. The molecule has 0 unspecified atom stereocenters. The van der Waals surface area contributed by atoms with E-state index in [9.17, 15) is 13.2 Å². The lowest BCUT2D eigenvalue weighted by Crippen LogP contribution is -2.31. The molecule has 7 heteroatoms. The molecular formula is C15H16N2O3S2. The summed E-state index contributed by atoms with van der Waals surface area (Å²) in [7, 11) is -3.61. The fraction of sp³-hybridized carbons (Fsp3) is 0.267. The summed E-state index contributed by atoms with van der Waals surface area (Å²) in [5, 5.41) is 2.76. The van der Waals surface area contributed by atoms with E-state index < -0.39 is 10.0 Å².